The number of methoxy groups -OCH3 is 1. The Morgan fingerprint density at radius 3 is 2.60 bits per heavy atom. The van der Waals surface area contributed by atoms with Crippen LogP contribution in [-0.4, -0.2) is 18.1 Å². The number of carbonyl (C=O) groups is 1. The zero-order valence-electron chi connectivity index (χ0n) is 7.43. The number of rotatable bonds is 2. The van der Waals surface area contributed by atoms with E-state index < -0.39 is 18.0 Å². The predicted octanol–water partition coefficient (Wildman–Crippen LogP) is 3.33. The zero-order valence-corrected chi connectivity index (χ0v) is 10.6. The molecule has 0 bridgehead atoms. The molecule has 0 atom stereocenters. The van der Waals surface area contributed by atoms with Crippen molar-refractivity contribution >= 4 is 37.8 Å². The van der Waals surface area contributed by atoms with Gasteiger partial charge in [-0.05, 0) is 37.9 Å². The minimum Gasteiger partial charge on any atom is -0.464 e. The summed E-state index contributed by atoms with van der Waals surface area (Å²) in [4.78, 5) is 14.8. The highest BCUT2D eigenvalue weighted by Gasteiger charge is 2.22. The van der Waals surface area contributed by atoms with E-state index in [0.717, 1.165) is 13.2 Å². The Balaban J connectivity index is 3.34. The Hall–Kier alpha value is -0.560. The van der Waals surface area contributed by atoms with E-state index in [0.29, 0.717) is 4.47 Å². The van der Waals surface area contributed by atoms with Crippen LogP contribution in [0, 0.1) is 0 Å². The van der Waals surface area contributed by atoms with Crippen LogP contribution < -0.4 is 0 Å². The Kier molecular flexibility index (Phi) is 4.15. The molecule has 0 radical (unpaired) electrons. The lowest BCUT2D eigenvalue weighted by molar-refractivity contribution is 0.0581. The predicted molar refractivity (Wildman–Crippen MR) is 55.9 cm³/mol. The van der Waals surface area contributed by atoms with Crippen LogP contribution in [0.5, 0.6) is 0 Å². The fourth-order valence-corrected chi connectivity index (χ4v) is 1.53. The summed E-state index contributed by atoms with van der Waals surface area (Å²) in [5.74, 6) is -0.890. The number of halogens is 4. The first kappa shape index (κ1) is 12.5. The first-order chi connectivity index (χ1) is 6.97. The van der Waals surface area contributed by atoms with Gasteiger partial charge < -0.3 is 4.74 Å². The van der Waals surface area contributed by atoms with Gasteiger partial charge in [-0.15, -0.1) is 0 Å². The molecule has 1 rings (SSSR count). The van der Waals surface area contributed by atoms with E-state index in [4.69, 9.17) is 0 Å². The number of esters is 1. The van der Waals surface area contributed by atoms with Gasteiger partial charge in [0.15, 0.2) is 5.69 Å². The Morgan fingerprint density at radius 2 is 2.13 bits per heavy atom. The lowest BCUT2D eigenvalue weighted by Crippen LogP contribution is -2.09. The molecule has 0 saturated carbocycles. The number of alkyl halides is 2. The average molecular weight is 345 g/mol. The summed E-state index contributed by atoms with van der Waals surface area (Å²) in [7, 11) is 1.11. The molecule has 0 N–H and O–H groups in total. The van der Waals surface area contributed by atoms with Gasteiger partial charge >= 0.3 is 5.97 Å². The first-order valence-corrected chi connectivity index (χ1v) is 5.28. The molecule has 3 nitrogen and oxygen atoms in total. The number of carbonyl (C=O) groups excluding carboxylic acids is 1. The molecule has 0 aliphatic carbocycles. The van der Waals surface area contributed by atoms with Crippen molar-refractivity contribution in [2.24, 2.45) is 0 Å². The lowest BCUT2D eigenvalue weighted by atomic mass is 10.2. The van der Waals surface area contributed by atoms with Crippen molar-refractivity contribution in [1.82, 2.24) is 4.98 Å². The van der Waals surface area contributed by atoms with Crippen LogP contribution in [0.3, 0.4) is 0 Å². The van der Waals surface area contributed by atoms with E-state index in [2.05, 4.69) is 41.6 Å². The van der Waals surface area contributed by atoms with E-state index in [9.17, 15) is 13.6 Å². The van der Waals surface area contributed by atoms with E-state index >= 15 is 0 Å². The van der Waals surface area contributed by atoms with Crippen LogP contribution in [0.2, 0.25) is 0 Å². The molecule has 0 fully saturated rings. The topological polar surface area (TPSA) is 39.2 Å². The molecule has 82 valence electrons. The van der Waals surface area contributed by atoms with Gasteiger partial charge in [0.05, 0.1) is 17.1 Å². The van der Waals surface area contributed by atoms with Gasteiger partial charge in [0.25, 0.3) is 6.43 Å². The van der Waals surface area contributed by atoms with Crippen LogP contribution in [0.1, 0.15) is 22.5 Å². The molecule has 1 aromatic heterocycles. The van der Waals surface area contributed by atoms with Crippen molar-refractivity contribution in [3.05, 3.63) is 26.4 Å². The molecule has 15 heavy (non-hydrogen) atoms. The van der Waals surface area contributed by atoms with E-state index in [1.807, 2.05) is 0 Å². The van der Waals surface area contributed by atoms with E-state index in [1.54, 1.807) is 0 Å². The summed E-state index contributed by atoms with van der Waals surface area (Å²) >= 11 is 6.04. The average Bonchev–Trinajstić information content (AvgIpc) is 2.20. The van der Waals surface area contributed by atoms with Crippen LogP contribution in [0.25, 0.3) is 0 Å². The summed E-state index contributed by atoms with van der Waals surface area (Å²) in [5, 5.41) is 0. The fraction of sp³-hybridized carbons (Fsp3) is 0.250. The molecular weight excluding hydrogens is 340 g/mol. The summed E-state index contributed by atoms with van der Waals surface area (Å²) < 4.78 is 30.1. The lowest BCUT2D eigenvalue weighted by Gasteiger charge is -2.07. The zero-order chi connectivity index (χ0) is 11.6. The third-order valence-corrected chi connectivity index (χ3v) is 3.32. The second-order valence-electron chi connectivity index (χ2n) is 2.49. The Labute approximate surface area is 101 Å². The molecular formula is C8H5Br2F2NO2. The standard InChI is InChI=1S/C8H5Br2F2NO2/c1-15-8(14)5-3(7(11)12)2-4(9)6(10)13-5/h2,7H,1H3. The van der Waals surface area contributed by atoms with E-state index in [-0.39, 0.29) is 10.3 Å². The summed E-state index contributed by atoms with van der Waals surface area (Å²) in [5.41, 5.74) is -0.848. The monoisotopic (exact) mass is 343 g/mol. The van der Waals surface area contributed by atoms with Gasteiger partial charge in [-0.3, -0.25) is 0 Å². The molecule has 0 saturated heterocycles. The SMILES string of the molecule is COC(=O)c1nc(Br)c(Br)cc1C(F)F. The molecule has 0 unspecified atom stereocenters. The molecule has 1 aromatic rings. The van der Waals surface area contributed by atoms with Crippen LogP contribution in [-0.2, 0) is 4.74 Å². The van der Waals surface area contributed by atoms with Gasteiger partial charge in [-0.1, -0.05) is 0 Å². The molecule has 0 amide bonds. The third kappa shape index (κ3) is 2.72. The van der Waals surface area contributed by atoms with Crippen LogP contribution >= 0.6 is 31.9 Å². The second kappa shape index (κ2) is 4.98. The molecule has 1 heterocycles. The van der Waals surface area contributed by atoms with Gasteiger partial charge in [0.2, 0.25) is 0 Å². The summed E-state index contributed by atoms with van der Waals surface area (Å²) in [6, 6.07) is 1.13. The molecule has 0 spiro atoms. The van der Waals surface area contributed by atoms with Gasteiger partial charge in [-0.2, -0.15) is 0 Å². The number of pyridine rings is 1. The Morgan fingerprint density at radius 1 is 1.53 bits per heavy atom. The van der Waals surface area contributed by atoms with Crippen LogP contribution in [0.4, 0.5) is 8.78 Å². The normalized spacial score (nSPS) is 10.5. The van der Waals surface area contributed by atoms with Gasteiger partial charge in [0.1, 0.15) is 4.60 Å². The minimum absolute atomic E-state index is 0.271. The fourth-order valence-electron chi connectivity index (χ4n) is 0.907. The second-order valence-corrected chi connectivity index (χ2v) is 4.10. The summed E-state index contributed by atoms with van der Waals surface area (Å²) in [6.45, 7) is 0. The summed E-state index contributed by atoms with van der Waals surface area (Å²) in [6.07, 6.45) is -2.78. The number of ether oxygens (including phenoxy) is 1. The third-order valence-electron chi connectivity index (χ3n) is 1.58. The molecule has 0 aliphatic rings. The number of nitrogens with zero attached hydrogens (tertiary/aromatic N) is 1. The maximum Gasteiger partial charge on any atom is 0.357 e. The number of hydrogen-bond donors (Lipinski definition) is 0. The van der Waals surface area contributed by atoms with E-state index in [1.165, 1.54) is 0 Å². The van der Waals surface area contributed by atoms with Crippen molar-refractivity contribution in [1.29, 1.82) is 0 Å². The van der Waals surface area contributed by atoms with Crippen molar-refractivity contribution in [3.63, 3.8) is 0 Å². The number of hydrogen-bond acceptors (Lipinski definition) is 3. The highest BCUT2D eigenvalue weighted by Crippen LogP contribution is 2.29. The number of aromatic nitrogens is 1. The molecule has 7 heteroatoms. The highest BCUT2D eigenvalue weighted by molar-refractivity contribution is 9.13. The van der Waals surface area contributed by atoms with Gasteiger partial charge in [0, 0.05) is 0 Å². The quantitative estimate of drug-likeness (QED) is 0.610. The first-order valence-electron chi connectivity index (χ1n) is 3.69. The minimum atomic E-state index is -2.78. The smallest absolute Gasteiger partial charge is 0.357 e. The van der Waals surface area contributed by atoms with Crippen molar-refractivity contribution in [3.8, 4) is 0 Å². The van der Waals surface area contributed by atoms with Crippen molar-refractivity contribution < 1.29 is 18.3 Å². The molecule has 0 aromatic carbocycles. The Bertz CT molecular complexity index is 398. The van der Waals surface area contributed by atoms with Crippen molar-refractivity contribution in [2.75, 3.05) is 7.11 Å². The maximum absolute atomic E-state index is 12.6. The molecule has 0 aliphatic heterocycles. The maximum atomic E-state index is 12.6. The largest absolute Gasteiger partial charge is 0.464 e. The highest BCUT2D eigenvalue weighted by atomic mass is 79.9. The van der Waals surface area contributed by atoms with Crippen LogP contribution in [0.15, 0.2) is 15.1 Å². The van der Waals surface area contributed by atoms with Gasteiger partial charge in [-0.25, -0.2) is 18.6 Å². The van der Waals surface area contributed by atoms with Crippen molar-refractivity contribution in [2.45, 2.75) is 6.43 Å².